The van der Waals surface area contributed by atoms with Gasteiger partial charge in [-0.3, -0.25) is 0 Å². The predicted molar refractivity (Wildman–Crippen MR) is 90.2 cm³/mol. The zero-order valence-electron chi connectivity index (χ0n) is 12.7. The van der Waals surface area contributed by atoms with E-state index in [1.54, 1.807) is 30.3 Å². The Morgan fingerprint density at radius 3 is 2.71 bits per heavy atom. The molecule has 0 aliphatic carbocycles. The zero-order valence-corrected chi connectivity index (χ0v) is 14.3. The quantitative estimate of drug-likeness (QED) is 0.714. The van der Waals surface area contributed by atoms with Crippen LogP contribution >= 0.6 is 11.3 Å². The molecular formula is C16H15N3O3S2. The summed E-state index contributed by atoms with van der Waals surface area (Å²) >= 11 is 1.53. The fourth-order valence-corrected chi connectivity index (χ4v) is 4.95. The molecule has 0 N–H and O–H groups in total. The SMILES string of the molecule is O=S(=O)(c1ccccc1)N1CC[C@@H](c2nnc(-c3cccs3)o2)C1. The third kappa shape index (κ3) is 2.77. The fraction of sp³-hybridized carbons (Fsp3) is 0.250. The largest absolute Gasteiger partial charge is 0.420 e. The van der Waals surface area contributed by atoms with Gasteiger partial charge in [-0.15, -0.1) is 21.5 Å². The minimum Gasteiger partial charge on any atom is -0.420 e. The molecule has 1 aliphatic rings. The predicted octanol–water partition coefficient (Wildman–Crippen LogP) is 2.98. The van der Waals surface area contributed by atoms with E-state index < -0.39 is 10.0 Å². The molecule has 1 atom stereocenters. The molecular weight excluding hydrogens is 346 g/mol. The number of nitrogens with zero attached hydrogens (tertiary/aromatic N) is 3. The van der Waals surface area contributed by atoms with Crippen molar-refractivity contribution in [3.63, 3.8) is 0 Å². The summed E-state index contributed by atoms with van der Waals surface area (Å²) in [5, 5.41) is 10.1. The minimum atomic E-state index is -3.47. The summed E-state index contributed by atoms with van der Waals surface area (Å²) in [6.45, 7) is 0.821. The van der Waals surface area contributed by atoms with Crippen LogP contribution in [0.25, 0.3) is 10.8 Å². The van der Waals surface area contributed by atoms with Crippen LogP contribution in [0.4, 0.5) is 0 Å². The molecule has 8 heteroatoms. The molecule has 0 radical (unpaired) electrons. The Hall–Kier alpha value is -2.03. The highest BCUT2D eigenvalue weighted by atomic mass is 32.2. The molecule has 1 saturated heterocycles. The minimum absolute atomic E-state index is 0.0651. The summed E-state index contributed by atoms with van der Waals surface area (Å²) in [5.41, 5.74) is 0. The van der Waals surface area contributed by atoms with Crippen LogP contribution in [-0.4, -0.2) is 36.0 Å². The molecule has 0 saturated carbocycles. The van der Waals surface area contributed by atoms with Crippen molar-refractivity contribution in [2.75, 3.05) is 13.1 Å². The van der Waals surface area contributed by atoms with Crippen molar-refractivity contribution in [1.29, 1.82) is 0 Å². The Kier molecular flexibility index (Phi) is 3.95. The molecule has 6 nitrogen and oxygen atoms in total. The third-order valence-electron chi connectivity index (χ3n) is 4.05. The van der Waals surface area contributed by atoms with E-state index in [-0.39, 0.29) is 5.92 Å². The molecule has 2 aromatic heterocycles. The maximum Gasteiger partial charge on any atom is 0.257 e. The molecule has 0 spiro atoms. The number of aromatic nitrogens is 2. The lowest BCUT2D eigenvalue weighted by molar-refractivity contribution is 0.440. The van der Waals surface area contributed by atoms with Crippen molar-refractivity contribution < 1.29 is 12.8 Å². The number of benzene rings is 1. The Bertz CT molecular complexity index is 921. The number of thiophene rings is 1. The second-order valence-electron chi connectivity index (χ2n) is 5.58. The van der Waals surface area contributed by atoms with Gasteiger partial charge < -0.3 is 4.42 Å². The molecule has 1 aromatic carbocycles. The lowest BCUT2D eigenvalue weighted by Crippen LogP contribution is -2.28. The monoisotopic (exact) mass is 361 g/mol. The Morgan fingerprint density at radius 2 is 1.96 bits per heavy atom. The molecule has 3 aromatic rings. The molecule has 1 aliphatic heterocycles. The van der Waals surface area contributed by atoms with Gasteiger partial charge in [-0.25, -0.2) is 8.42 Å². The molecule has 124 valence electrons. The van der Waals surface area contributed by atoms with E-state index in [0.29, 0.717) is 36.2 Å². The van der Waals surface area contributed by atoms with Crippen LogP contribution in [0.3, 0.4) is 0 Å². The maximum atomic E-state index is 12.7. The van der Waals surface area contributed by atoms with Gasteiger partial charge in [0.05, 0.1) is 15.7 Å². The van der Waals surface area contributed by atoms with Gasteiger partial charge in [0.1, 0.15) is 0 Å². The van der Waals surface area contributed by atoms with Crippen LogP contribution in [0.1, 0.15) is 18.2 Å². The average molecular weight is 361 g/mol. The van der Waals surface area contributed by atoms with Gasteiger partial charge in [0.2, 0.25) is 15.9 Å². The fourth-order valence-electron chi connectivity index (χ4n) is 2.79. The highest BCUT2D eigenvalue weighted by Crippen LogP contribution is 2.32. The van der Waals surface area contributed by atoms with E-state index in [9.17, 15) is 8.42 Å². The highest BCUT2D eigenvalue weighted by Gasteiger charge is 2.35. The lowest BCUT2D eigenvalue weighted by atomic mass is 10.1. The van der Waals surface area contributed by atoms with Gasteiger partial charge in [0, 0.05) is 13.1 Å². The van der Waals surface area contributed by atoms with Crippen molar-refractivity contribution in [3.05, 3.63) is 53.7 Å². The topological polar surface area (TPSA) is 76.3 Å². The first-order valence-corrected chi connectivity index (χ1v) is 9.89. The summed E-state index contributed by atoms with van der Waals surface area (Å²) in [6, 6.07) is 12.3. The van der Waals surface area contributed by atoms with Crippen molar-refractivity contribution in [2.24, 2.45) is 0 Å². The van der Waals surface area contributed by atoms with Crippen molar-refractivity contribution in [2.45, 2.75) is 17.2 Å². The van der Waals surface area contributed by atoms with Gasteiger partial charge in [0.25, 0.3) is 5.89 Å². The van der Waals surface area contributed by atoms with Crippen LogP contribution in [0.5, 0.6) is 0 Å². The summed E-state index contributed by atoms with van der Waals surface area (Å²) in [5.74, 6) is 0.929. The first kappa shape index (κ1) is 15.5. The summed E-state index contributed by atoms with van der Waals surface area (Å²) < 4.78 is 32.6. The summed E-state index contributed by atoms with van der Waals surface area (Å²) in [4.78, 5) is 1.23. The molecule has 24 heavy (non-hydrogen) atoms. The van der Waals surface area contributed by atoms with Crippen molar-refractivity contribution in [3.8, 4) is 10.8 Å². The van der Waals surface area contributed by atoms with Gasteiger partial charge >= 0.3 is 0 Å². The van der Waals surface area contributed by atoms with E-state index in [4.69, 9.17) is 4.42 Å². The molecule has 4 rings (SSSR count). The Morgan fingerprint density at radius 1 is 1.12 bits per heavy atom. The Labute approximate surface area is 143 Å². The average Bonchev–Trinajstić information content (AvgIpc) is 3.34. The van der Waals surface area contributed by atoms with E-state index in [2.05, 4.69) is 10.2 Å². The van der Waals surface area contributed by atoms with E-state index in [1.165, 1.54) is 15.6 Å². The van der Waals surface area contributed by atoms with Crippen LogP contribution in [0, 0.1) is 0 Å². The van der Waals surface area contributed by atoms with E-state index >= 15 is 0 Å². The molecule has 0 bridgehead atoms. The van der Waals surface area contributed by atoms with E-state index in [1.807, 2.05) is 17.5 Å². The third-order valence-corrected chi connectivity index (χ3v) is 6.79. The highest BCUT2D eigenvalue weighted by molar-refractivity contribution is 7.89. The number of hydrogen-bond acceptors (Lipinski definition) is 6. The van der Waals surface area contributed by atoms with Crippen LogP contribution in [0.2, 0.25) is 0 Å². The van der Waals surface area contributed by atoms with Crippen LogP contribution in [0.15, 0.2) is 57.2 Å². The second-order valence-corrected chi connectivity index (χ2v) is 8.47. The molecule has 1 fully saturated rings. The van der Waals surface area contributed by atoms with Gasteiger partial charge in [-0.05, 0) is 30.0 Å². The van der Waals surface area contributed by atoms with Gasteiger partial charge in [0.15, 0.2) is 0 Å². The standard InChI is InChI=1S/C16H15N3O3S2/c20-24(21,13-5-2-1-3-6-13)19-9-8-12(11-19)15-17-18-16(22-15)14-7-4-10-23-14/h1-7,10,12H,8-9,11H2/t12-/m1/s1. The normalized spacial score (nSPS) is 18.9. The lowest BCUT2D eigenvalue weighted by Gasteiger charge is -2.15. The number of sulfonamides is 1. The molecule has 0 unspecified atom stereocenters. The molecule has 3 heterocycles. The summed E-state index contributed by atoms with van der Waals surface area (Å²) in [7, 11) is -3.47. The van der Waals surface area contributed by atoms with Gasteiger partial charge in [-0.2, -0.15) is 4.31 Å². The van der Waals surface area contributed by atoms with Crippen LogP contribution in [-0.2, 0) is 10.0 Å². The number of rotatable bonds is 4. The summed E-state index contributed by atoms with van der Waals surface area (Å²) in [6.07, 6.45) is 0.679. The first-order chi connectivity index (χ1) is 11.6. The molecule has 0 amide bonds. The smallest absolute Gasteiger partial charge is 0.257 e. The van der Waals surface area contributed by atoms with Gasteiger partial charge in [-0.1, -0.05) is 24.3 Å². The maximum absolute atomic E-state index is 12.7. The zero-order chi connectivity index (χ0) is 16.6. The first-order valence-electron chi connectivity index (χ1n) is 7.57. The van der Waals surface area contributed by atoms with Crippen LogP contribution < -0.4 is 0 Å². The van der Waals surface area contributed by atoms with Crippen molar-refractivity contribution >= 4 is 21.4 Å². The van der Waals surface area contributed by atoms with Crippen molar-refractivity contribution in [1.82, 2.24) is 14.5 Å². The Balaban J connectivity index is 1.53. The van der Waals surface area contributed by atoms with E-state index in [0.717, 1.165) is 4.88 Å². The number of hydrogen-bond donors (Lipinski definition) is 0. The second kappa shape index (κ2) is 6.12.